The number of nitrogens with one attached hydrogen (secondary N) is 2. The molecule has 0 aromatic heterocycles. The Balaban J connectivity index is 0.00000220. The second-order valence-corrected chi connectivity index (χ2v) is 5.79. The van der Waals surface area contributed by atoms with E-state index in [1.54, 1.807) is 0 Å². The number of halogens is 2. The molecule has 22 heavy (non-hydrogen) atoms. The third-order valence-electron chi connectivity index (χ3n) is 4.01. The van der Waals surface area contributed by atoms with Crippen LogP contribution in [0.2, 0.25) is 0 Å². The van der Waals surface area contributed by atoms with Crippen LogP contribution in [0, 0.1) is 5.92 Å². The second kappa shape index (κ2) is 11.4. The number of nitrogens with zero attached hydrogens (tertiary/aromatic N) is 1. The Morgan fingerprint density at radius 1 is 1.23 bits per heavy atom. The van der Waals surface area contributed by atoms with Gasteiger partial charge in [0.05, 0.1) is 26.4 Å². The Labute approximate surface area is 145 Å². The van der Waals surface area contributed by atoms with Crippen molar-refractivity contribution in [1.29, 1.82) is 0 Å². The van der Waals surface area contributed by atoms with Crippen LogP contribution >= 0.6 is 24.8 Å². The number of carbonyl (C=O) groups is 1. The van der Waals surface area contributed by atoms with Crippen LogP contribution < -0.4 is 10.6 Å². The van der Waals surface area contributed by atoms with E-state index >= 15 is 0 Å². The molecule has 0 aromatic rings. The van der Waals surface area contributed by atoms with E-state index in [0.717, 1.165) is 32.8 Å². The summed E-state index contributed by atoms with van der Waals surface area (Å²) in [6.07, 6.45) is 0. The van der Waals surface area contributed by atoms with Gasteiger partial charge in [0.2, 0.25) is 5.91 Å². The average molecular weight is 358 g/mol. The third-order valence-corrected chi connectivity index (χ3v) is 4.01. The van der Waals surface area contributed by atoms with Crippen LogP contribution in [0.3, 0.4) is 0 Å². The predicted molar refractivity (Wildman–Crippen MR) is 91.1 cm³/mol. The quantitative estimate of drug-likeness (QED) is 0.740. The Morgan fingerprint density at radius 3 is 2.45 bits per heavy atom. The fourth-order valence-corrected chi connectivity index (χ4v) is 2.76. The molecule has 132 valence electrons. The maximum absolute atomic E-state index is 12.1. The highest BCUT2D eigenvalue weighted by Crippen LogP contribution is 2.12. The minimum atomic E-state index is -0.207. The van der Waals surface area contributed by atoms with Gasteiger partial charge in [-0.15, -0.1) is 24.8 Å². The number of hydrogen-bond acceptors (Lipinski definition) is 5. The minimum absolute atomic E-state index is 0. The van der Waals surface area contributed by atoms with Crippen molar-refractivity contribution in [2.45, 2.75) is 25.9 Å². The van der Waals surface area contributed by atoms with Crippen LogP contribution in [-0.2, 0) is 14.3 Å². The molecule has 2 unspecified atom stereocenters. The van der Waals surface area contributed by atoms with Crippen LogP contribution in [0.4, 0.5) is 0 Å². The van der Waals surface area contributed by atoms with Crippen molar-refractivity contribution in [1.82, 2.24) is 15.5 Å². The van der Waals surface area contributed by atoms with Crippen LogP contribution in [-0.4, -0.2) is 75.5 Å². The zero-order chi connectivity index (χ0) is 14.4. The first-order valence-electron chi connectivity index (χ1n) is 7.59. The molecule has 2 saturated heterocycles. The Hall–Kier alpha value is -0.110. The summed E-state index contributed by atoms with van der Waals surface area (Å²) < 4.78 is 10.7. The van der Waals surface area contributed by atoms with Gasteiger partial charge in [0, 0.05) is 32.2 Å². The number of carbonyl (C=O) groups excluding carboxylic acids is 1. The molecule has 1 amide bonds. The van der Waals surface area contributed by atoms with Crippen molar-refractivity contribution < 1.29 is 14.3 Å². The van der Waals surface area contributed by atoms with Crippen molar-refractivity contribution in [3.63, 3.8) is 0 Å². The van der Waals surface area contributed by atoms with Gasteiger partial charge in [0.1, 0.15) is 6.04 Å². The summed E-state index contributed by atoms with van der Waals surface area (Å²) in [6, 6.07) is 0.161. The van der Waals surface area contributed by atoms with Crippen molar-refractivity contribution in [2.24, 2.45) is 5.92 Å². The van der Waals surface area contributed by atoms with Crippen LogP contribution in [0.25, 0.3) is 0 Å². The summed E-state index contributed by atoms with van der Waals surface area (Å²) in [7, 11) is 0. The van der Waals surface area contributed by atoms with Crippen LogP contribution in [0.15, 0.2) is 0 Å². The lowest BCUT2D eigenvalue weighted by Crippen LogP contribution is -2.55. The van der Waals surface area contributed by atoms with E-state index in [1.807, 2.05) is 0 Å². The van der Waals surface area contributed by atoms with E-state index in [-0.39, 0.29) is 36.8 Å². The normalized spacial score (nSPS) is 24.0. The number of rotatable bonds is 5. The van der Waals surface area contributed by atoms with E-state index in [2.05, 4.69) is 29.4 Å². The number of amides is 1. The summed E-state index contributed by atoms with van der Waals surface area (Å²) in [4.78, 5) is 14.5. The standard InChI is InChI=1S/C14H27N3O3.2ClH/c1-11(2)13(17-4-7-19-8-5-17)9-16-14(18)12-10-20-6-3-15-12;;/h11-13,15H,3-10H2,1-2H3,(H,16,18);2*1H. The number of ether oxygens (including phenoxy) is 2. The van der Waals surface area contributed by atoms with Gasteiger partial charge in [-0.3, -0.25) is 9.69 Å². The molecule has 2 atom stereocenters. The Bertz CT molecular complexity index is 310. The smallest absolute Gasteiger partial charge is 0.239 e. The summed E-state index contributed by atoms with van der Waals surface area (Å²) >= 11 is 0. The van der Waals surface area contributed by atoms with E-state index in [9.17, 15) is 4.79 Å². The molecule has 2 fully saturated rings. The van der Waals surface area contributed by atoms with Gasteiger partial charge in [-0.25, -0.2) is 0 Å². The highest BCUT2D eigenvalue weighted by Gasteiger charge is 2.26. The monoisotopic (exact) mass is 357 g/mol. The van der Waals surface area contributed by atoms with Crippen molar-refractivity contribution in [2.75, 3.05) is 52.6 Å². The molecule has 2 rings (SSSR count). The van der Waals surface area contributed by atoms with Gasteiger partial charge in [-0.05, 0) is 5.92 Å². The molecule has 6 nitrogen and oxygen atoms in total. The van der Waals surface area contributed by atoms with Gasteiger partial charge >= 0.3 is 0 Å². The molecule has 2 heterocycles. The number of hydrogen-bond donors (Lipinski definition) is 2. The zero-order valence-electron chi connectivity index (χ0n) is 13.4. The second-order valence-electron chi connectivity index (χ2n) is 5.79. The highest BCUT2D eigenvalue weighted by atomic mass is 35.5. The molecule has 0 spiro atoms. The van der Waals surface area contributed by atoms with Crippen molar-refractivity contribution in [3.8, 4) is 0 Å². The lowest BCUT2D eigenvalue weighted by molar-refractivity contribution is -0.126. The first-order chi connectivity index (χ1) is 9.68. The third kappa shape index (κ3) is 6.56. The van der Waals surface area contributed by atoms with Gasteiger partial charge in [-0.1, -0.05) is 13.8 Å². The van der Waals surface area contributed by atoms with E-state index in [1.165, 1.54) is 0 Å². The van der Waals surface area contributed by atoms with Crippen molar-refractivity contribution >= 4 is 30.7 Å². The molecule has 0 radical (unpaired) electrons. The minimum Gasteiger partial charge on any atom is -0.379 e. The molecule has 2 aliphatic rings. The summed E-state index contributed by atoms with van der Waals surface area (Å²) in [5.41, 5.74) is 0. The first-order valence-corrected chi connectivity index (χ1v) is 7.59. The van der Waals surface area contributed by atoms with Crippen molar-refractivity contribution in [3.05, 3.63) is 0 Å². The molecule has 2 aliphatic heterocycles. The molecular formula is C14H29Cl2N3O3. The largest absolute Gasteiger partial charge is 0.379 e. The number of morpholine rings is 2. The predicted octanol–water partition coefficient (Wildman–Crippen LogP) is 0.291. The molecule has 0 aromatic carbocycles. The molecule has 0 aliphatic carbocycles. The van der Waals surface area contributed by atoms with E-state index < -0.39 is 0 Å². The fourth-order valence-electron chi connectivity index (χ4n) is 2.76. The van der Waals surface area contributed by atoms with E-state index in [0.29, 0.717) is 31.7 Å². The SMILES string of the molecule is CC(C)C(CNC(=O)C1COCCN1)N1CCOCC1.Cl.Cl. The lowest BCUT2D eigenvalue weighted by atomic mass is 10.0. The average Bonchev–Trinajstić information content (AvgIpc) is 2.49. The lowest BCUT2D eigenvalue weighted by Gasteiger charge is -2.37. The molecular weight excluding hydrogens is 329 g/mol. The Morgan fingerprint density at radius 2 is 1.91 bits per heavy atom. The van der Waals surface area contributed by atoms with Gasteiger partial charge < -0.3 is 20.1 Å². The Kier molecular flexibility index (Phi) is 11.4. The maximum Gasteiger partial charge on any atom is 0.239 e. The topological polar surface area (TPSA) is 62.8 Å². The fraction of sp³-hybridized carbons (Fsp3) is 0.929. The zero-order valence-corrected chi connectivity index (χ0v) is 15.0. The van der Waals surface area contributed by atoms with Crippen LogP contribution in [0.1, 0.15) is 13.8 Å². The van der Waals surface area contributed by atoms with Gasteiger partial charge in [0.25, 0.3) is 0 Å². The molecule has 0 saturated carbocycles. The highest BCUT2D eigenvalue weighted by molar-refractivity contribution is 5.85. The molecule has 2 N–H and O–H groups in total. The van der Waals surface area contributed by atoms with Gasteiger partial charge in [0.15, 0.2) is 0 Å². The molecule has 0 bridgehead atoms. The first kappa shape index (κ1) is 21.9. The van der Waals surface area contributed by atoms with Gasteiger partial charge in [-0.2, -0.15) is 0 Å². The summed E-state index contributed by atoms with van der Waals surface area (Å²) in [5, 5.41) is 6.25. The summed E-state index contributed by atoms with van der Waals surface area (Å²) in [5.74, 6) is 0.549. The molecule has 8 heteroatoms. The summed E-state index contributed by atoms with van der Waals surface area (Å²) in [6.45, 7) is 10.5. The van der Waals surface area contributed by atoms with Crippen LogP contribution in [0.5, 0.6) is 0 Å². The maximum atomic E-state index is 12.1. The van der Waals surface area contributed by atoms with E-state index in [4.69, 9.17) is 9.47 Å².